The largest absolute Gasteiger partial charge is 0.370 e. The summed E-state index contributed by atoms with van der Waals surface area (Å²) < 4.78 is 5.15. The highest BCUT2D eigenvalue weighted by molar-refractivity contribution is 5.91. The number of hydrogen-bond donors (Lipinski definition) is 2. The molecule has 0 radical (unpaired) electrons. The zero-order chi connectivity index (χ0) is 14.1. The number of anilines is 1. The van der Waals surface area contributed by atoms with E-state index in [-0.39, 0.29) is 18.4 Å². The number of amides is 2. The first-order valence-corrected chi connectivity index (χ1v) is 6.32. The summed E-state index contributed by atoms with van der Waals surface area (Å²) in [6.45, 7) is 4.21. The van der Waals surface area contributed by atoms with Gasteiger partial charge in [0.15, 0.2) is 0 Å². The third kappa shape index (κ3) is 6.57. The van der Waals surface area contributed by atoms with Gasteiger partial charge in [-0.25, -0.2) is 0 Å². The Morgan fingerprint density at radius 3 is 2.79 bits per heavy atom. The molecule has 0 atom stereocenters. The van der Waals surface area contributed by atoms with Gasteiger partial charge in [-0.15, -0.1) is 0 Å². The van der Waals surface area contributed by atoms with Crippen molar-refractivity contribution in [3.63, 3.8) is 0 Å². The molecule has 0 saturated heterocycles. The molecule has 0 aliphatic rings. The molecular formula is C14H20N2O3. The molecule has 0 aromatic heterocycles. The average molecular weight is 264 g/mol. The first kappa shape index (κ1) is 15.2. The Kier molecular flexibility index (Phi) is 6.60. The Labute approximate surface area is 113 Å². The number of carbonyl (C=O) groups is 2. The second-order valence-corrected chi connectivity index (χ2v) is 4.14. The number of rotatable bonds is 7. The fraction of sp³-hybridized carbons (Fsp3) is 0.429. The first-order valence-electron chi connectivity index (χ1n) is 6.32. The molecule has 0 aliphatic heterocycles. The number of aryl methyl sites for hydroxylation is 1. The topological polar surface area (TPSA) is 67.4 Å². The van der Waals surface area contributed by atoms with Crippen LogP contribution in [0.15, 0.2) is 24.3 Å². The van der Waals surface area contributed by atoms with Gasteiger partial charge in [0.1, 0.15) is 6.61 Å². The maximum Gasteiger partial charge on any atom is 0.250 e. The predicted octanol–water partition coefficient (Wildman–Crippen LogP) is 1.34. The second kappa shape index (κ2) is 8.26. The summed E-state index contributed by atoms with van der Waals surface area (Å²) in [4.78, 5) is 22.2. The van der Waals surface area contributed by atoms with E-state index in [9.17, 15) is 9.59 Å². The standard InChI is InChI=1S/C14H20N2O3/c1-3-12-5-4-6-13(9-12)16-14(18)10-19-8-7-15-11(2)17/h4-6,9H,3,7-8,10H2,1-2H3,(H,15,17)(H,16,18). The minimum atomic E-state index is -0.198. The summed E-state index contributed by atoms with van der Waals surface area (Å²) in [5.41, 5.74) is 1.94. The van der Waals surface area contributed by atoms with E-state index >= 15 is 0 Å². The Hall–Kier alpha value is -1.88. The lowest BCUT2D eigenvalue weighted by Gasteiger charge is -2.07. The van der Waals surface area contributed by atoms with E-state index in [1.165, 1.54) is 12.5 Å². The molecule has 1 aromatic carbocycles. The molecule has 1 aromatic rings. The lowest BCUT2D eigenvalue weighted by Crippen LogP contribution is -2.26. The Morgan fingerprint density at radius 1 is 1.32 bits per heavy atom. The van der Waals surface area contributed by atoms with Crippen LogP contribution in [0.3, 0.4) is 0 Å². The highest BCUT2D eigenvalue weighted by Gasteiger charge is 2.03. The van der Waals surface area contributed by atoms with Gasteiger partial charge in [0.25, 0.3) is 0 Å². The van der Waals surface area contributed by atoms with Crippen LogP contribution >= 0.6 is 0 Å². The van der Waals surface area contributed by atoms with Crippen molar-refractivity contribution in [2.75, 3.05) is 25.1 Å². The Bertz CT molecular complexity index is 432. The van der Waals surface area contributed by atoms with Crippen molar-refractivity contribution in [1.82, 2.24) is 5.32 Å². The van der Waals surface area contributed by atoms with Crippen LogP contribution in [0.4, 0.5) is 5.69 Å². The molecule has 0 fully saturated rings. The van der Waals surface area contributed by atoms with Gasteiger partial charge in [-0.05, 0) is 24.1 Å². The van der Waals surface area contributed by atoms with Crippen LogP contribution in [-0.2, 0) is 20.7 Å². The van der Waals surface area contributed by atoms with Crippen LogP contribution in [0.1, 0.15) is 19.4 Å². The van der Waals surface area contributed by atoms with E-state index in [2.05, 4.69) is 17.6 Å². The lowest BCUT2D eigenvalue weighted by atomic mass is 10.1. The molecule has 5 heteroatoms. The van der Waals surface area contributed by atoms with Crippen molar-refractivity contribution >= 4 is 17.5 Å². The number of carbonyl (C=O) groups excluding carboxylic acids is 2. The molecule has 2 amide bonds. The quantitative estimate of drug-likeness (QED) is 0.730. The molecule has 104 valence electrons. The van der Waals surface area contributed by atoms with Gasteiger partial charge in [0.2, 0.25) is 11.8 Å². The van der Waals surface area contributed by atoms with Crippen LogP contribution in [0.2, 0.25) is 0 Å². The van der Waals surface area contributed by atoms with Crippen LogP contribution in [0.5, 0.6) is 0 Å². The molecule has 1 rings (SSSR count). The number of ether oxygens (including phenoxy) is 1. The highest BCUT2D eigenvalue weighted by Crippen LogP contribution is 2.10. The average Bonchev–Trinajstić information content (AvgIpc) is 2.38. The molecular weight excluding hydrogens is 244 g/mol. The summed E-state index contributed by atoms with van der Waals surface area (Å²) in [5.74, 6) is -0.305. The summed E-state index contributed by atoms with van der Waals surface area (Å²) >= 11 is 0. The molecule has 0 aliphatic carbocycles. The predicted molar refractivity (Wildman–Crippen MR) is 74.0 cm³/mol. The maximum atomic E-state index is 11.6. The minimum absolute atomic E-state index is 0.0179. The number of nitrogens with one attached hydrogen (secondary N) is 2. The van der Waals surface area contributed by atoms with Crippen molar-refractivity contribution in [2.45, 2.75) is 20.3 Å². The minimum Gasteiger partial charge on any atom is -0.370 e. The van der Waals surface area contributed by atoms with Gasteiger partial charge < -0.3 is 15.4 Å². The summed E-state index contributed by atoms with van der Waals surface area (Å²) in [6, 6.07) is 7.70. The Morgan fingerprint density at radius 2 is 2.11 bits per heavy atom. The third-order valence-electron chi connectivity index (χ3n) is 2.47. The zero-order valence-corrected chi connectivity index (χ0v) is 11.4. The van der Waals surface area contributed by atoms with Gasteiger partial charge >= 0.3 is 0 Å². The second-order valence-electron chi connectivity index (χ2n) is 4.14. The third-order valence-corrected chi connectivity index (χ3v) is 2.47. The highest BCUT2D eigenvalue weighted by atomic mass is 16.5. The monoisotopic (exact) mass is 264 g/mol. The fourth-order valence-corrected chi connectivity index (χ4v) is 1.53. The van der Waals surface area contributed by atoms with E-state index in [1.54, 1.807) is 0 Å². The number of benzene rings is 1. The first-order chi connectivity index (χ1) is 9.11. The van der Waals surface area contributed by atoms with Gasteiger partial charge in [0, 0.05) is 19.2 Å². The fourth-order valence-electron chi connectivity index (χ4n) is 1.53. The molecule has 0 bridgehead atoms. The van der Waals surface area contributed by atoms with E-state index in [4.69, 9.17) is 4.74 Å². The van der Waals surface area contributed by atoms with E-state index in [1.807, 2.05) is 24.3 Å². The van der Waals surface area contributed by atoms with E-state index in [0.717, 1.165) is 12.1 Å². The van der Waals surface area contributed by atoms with Gasteiger partial charge in [0.05, 0.1) is 6.61 Å². The van der Waals surface area contributed by atoms with Crippen molar-refractivity contribution < 1.29 is 14.3 Å². The molecule has 5 nitrogen and oxygen atoms in total. The van der Waals surface area contributed by atoms with Crippen LogP contribution in [0.25, 0.3) is 0 Å². The summed E-state index contributed by atoms with van der Waals surface area (Å²) in [5, 5.41) is 5.35. The maximum absolute atomic E-state index is 11.6. The molecule has 2 N–H and O–H groups in total. The zero-order valence-electron chi connectivity index (χ0n) is 11.4. The molecule has 19 heavy (non-hydrogen) atoms. The van der Waals surface area contributed by atoms with Crippen molar-refractivity contribution in [1.29, 1.82) is 0 Å². The molecule has 0 heterocycles. The molecule has 0 saturated carbocycles. The van der Waals surface area contributed by atoms with Crippen LogP contribution in [0, 0.1) is 0 Å². The van der Waals surface area contributed by atoms with E-state index in [0.29, 0.717) is 13.2 Å². The smallest absolute Gasteiger partial charge is 0.250 e. The van der Waals surface area contributed by atoms with E-state index < -0.39 is 0 Å². The summed E-state index contributed by atoms with van der Waals surface area (Å²) in [7, 11) is 0. The van der Waals surface area contributed by atoms with Gasteiger partial charge in [-0.3, -0.25) is 9.59 Å². The van der Waals surface area contributed by atoms with Crippen molar-refractivity contribution in [3.05, 3.63) is 29.8 Å². The van der Waals surface area contributed by atoms with Crippen molar-refractivity contribution in [3.8, 4) is 0 Å². The molecule has 0 spiro atoms. The van der Waals surface area contributed by atoms with Crippen LogP contribution < -0.4 is 10.6 Å². The molecule has 0 unspecified atom stereocenters. The SMILES string of the molecule is CCc1cccc(NC(=O)COCCNC(C)=O)c1. The Balaban J connectivity index is 2.25. The van der Waals surface area contributed by atoms with Gasteiger partial charge in [-0.2, -0.15) is 0 Å². The van der Waals surface area contributed by atoms with Crippen molar-refractivity contribution in [2.24, 2.45) is 0 Å². The van der Waals surface area contributed by atoms with Crippen LogP contribution in [-0.4, -0.2) is 31.6 Å². The summed E-state index contributed by atoms with van der Waals surface area (Å²) in [6.07, 6.45) is 0.928. The number of hydrogen-bond acceptors (Lipinski definition) is 3. The van der Waals surface area contributed by atoms with Gasteiger partial charge in [-0.1, -0.05) is 19.1 Å². The normalized spacial score (nSPS) is 10.0. The lowest BCUT2D eigenvalue weighted by molar-refractivity contribution is -0.120.